The molecule has 0 aliphatic carbocycles. The van der Waals surface area contributed by atoms with Crippen LogP contribution in [-0.4, -0.2) is 0 Å². The van der Waals surface area contributed by atoms with Gasteiger partial charge in [0.05, 0.1) is 0 Å². The van der Waals surface area contributed by atoms with E-state index < -0.39 is 0 Å². The largest absolute Gasteiger partial charge is 0.398 e. The maximum absolute atomic E-state index is 6.60. The van der Waals surface area contributed by atoms with Crippen LogP contribution in [0, 0.1) is 0 Å². The summed E-state index contributed by atoms with van der Waals surface area (Å²) in [4.78, 5) is 0. The van der Waals surface area contributed by atoms with Crippen molar-refractivity contribution in [2.24, 2.45) is 0 Å². The van der Waals surface area contributed by atoms with Crippen molar-refractivity contribution in [2.75, 3.05) is 11.5 Å². The van der Waals surface area contributed by atoms with Crippen LogP contribution in [0.15, 0.2) is 48.5 Å². The van der Waals surface area contributed by atoms with E-state index in [4.69, 9.17) is 11.5 Å². The molecule has 0 fully saturated rings. The standard InChI is InChI=1S/C38H56N2/c1-5-9-13-20-29-28-30(21-14-10-6-2)37(32(23-16-12-8-4)31(29)22-15-11-7-3)33-24-17-18-25-34(33)38-35(39)26-19-27-36(38)40/h17-19,24-28H,5-16,20-23,39-40H2,1-4H3. The number of aryl methyl sites for hydroxylation is 2. The van der Waals surface area contributed by atoms with Crippen molar-refractivity contribution in [2.45, 2.75) is 130 Å². The van der Waals surface area contributed by atoms with Gasteiger partial charge in [-0.15, -0.1) is 0 Å². The second-order valence-electron chi connectivity index (χ2n) is 11.7. The molecule has 0 spiro atoms. The van der Waals surface area contributed by atoms with Crippen molar-refractivity contribution in [1.29, 1.82) is 0 Å². The van der Waals surface area contributed by atoms with E-state index in [1.165, 1.54) is 112 Å². The molecule has 4 N–H and O–H groups in total. The molecule has 0 radical (unpaired) electrons. The predicted molar refractivity (Wildman–Crippen MR) is 179 cm³/mol. The maximum atomic E-state index is 6.60. The molecule has 0 aliphatic rings. The van der Waals surface area contributed by atoms with Crippen LogP contribution in [0.1, 0.15) is 127 Å². The molecule has 40 heavy (non-hydrogen) atoms. The van der Waals surface area contributed by atoms with Gasteiger partial charge in [-0.25, -0.2) is 0 Å². The number of anilines is 2. The van der Waals surface area contributed by atoms with Crippen molar-refractivity contribution in [1.82, 2.24) is 0 Å². The first-order valence-electron chi connectivity index (χ1n) is 16.5. The number of nitrogens with two attached hydrogens (primary N) is 2. The van der Waals surface area contributed by atoms with Gasteiger partial charge in [0.2, 0.25) is 0 Å². The summed E-state index contributed by atoms with van der Waals surface area (Å²) in [6, 6.07) is 17.5. The third-order valence-electron chi connectivity index (χ3n) is 8.48. The first kappa shape index (κ1) is 31.8. The highest BCUT2D eigenvalue weighted by atomic mass is 14.6. The van der Waals surface area contributed by atoms with Crippen molar-refractivity contribution in [3.8, 4) is 22.3 Å². The third-order valence-corrected chi connectivity index (χ3v) is 8.48. The highest BCUT2D eigenvalue weighted by Gasteiger charge is 2.22. The van der Waals surface area contributed by atoms with E-state index in [2.05, 4.69) is 58.0 Å². The summed E-state index contributed by atoms with van der Waals surface area (Å²) in [6.45, 7) is 9.25. The molecule has 0 saturated carbocycles. The fourth-order valence-corrected chi connectivity index (χ4v) is 6.30. The Hall–Kier alpha value is -2.74. The molecule has 0 aliphatic heterocycles. The monoisotopic (exact) mass is 540 g/mol. The second kappa shape index (κ2) is 17.2. The Morgan fingerprint density at radius 1 is 0.450 bits per heavy atom. The fraction of sp³-hybridized carbons (Fsp3) is 0.526. The van der Waals surface area contributed by atoms with Crippen molar-refractivity contribution in [3.63, 3.8) is 0 Å². The van der Waals surface area contributed by atoms with Gasteiger partial charge in [0, 0.05) is 16.9 Å². The van der Waals surface area contributed by atoms with Crippen molar-refractivity contribution >= 4 is 11.4 Å². The molecule has 0 heterocycles. The molecule has 3 aromatic rings. The number of nitrogen functional groups attached to an aromatic ring is 2. The summed E-state index contributed by atoms with van der Waals surface area (Å²) in [5.41, 5.74) is 26.1. The molecule has 0 amide bonds. The maximum Gasteiger partial charge on any atom is 0.0414 e. The molecule has 218 valence electrons. The van der Waals surface area contributed by atoms with Crippen LogP contribution in [0.2, 0.25) is 0 Å². The lowest BCUT2D eigenvalue weighted by Gasteiger charge is -2.25. The first-order chi connectivity index (χ1) is 19.6. The average molecular weight is 541 g/mol. The van der Waals surface area contributed by atoms with E-state index in [-0.39, 0.29) is 0 Å². The van der Waals surface area contributed by atoms with Crippen LogP contribution in [-0.2, 0) is 25.7 Å². The van der Waals surface area contributed by atoms with Crippen LogP contribution in [0.3, 0.4) is 0 Å². The van der Waals surface area contributed by atoms with E-state index in [1.807, 2.05) is 18.2 Å². The van der Waals surface area contributed by atoms with Gasteiger partial charge in [0.15, 0.2) is 0 Å². The van der Waals surface area contributed by atoms with Gasteiger partial charge >= 0.3 is 0 Å². The van der Waals surface area contributed by atoms with Gasteiger partial charge in [0.1, 0.15) is 0 Å². The molecule has 2 heteroatoms. The number of unbranched alkanes of at least 4 members (excludes halogenated alkanes) is 8. The lowest BCUT2D eigenvalue weighted by atomic mass is 9.79. The van der Waals surface area contributed by atoms with Gasteiger partial charge in [-0.2, -0.15) is 0 Å². The molecular weight excluding hydrogens is 484 g/mol. The number of benzene rings is 3. The summed E-state index contributed by atoms with van der Waals surface area (Å²) in [7, 11) is 0. The zero-order valence-electron chi connectivity index (χ0n) is 26.1. The quantitative estimate of drug-likeness (QED) is 0.124. The molecule has 0 unspecified atom stereocenters. The summed E-state index contributed by atoms with van der Waals surface area (Å²) in [5.74, 6) is 0. The Kier molecular flexibility index (Phi) is 13.6. The van der Waals surface area contributed by atoms with Crippen molar-refractivity contribution in [3.05, 3.63) is 70.8 Å². The van der Waals surface area contributed by atoms with Gasteiger partial charge < -0.3 is 11.5 Å². The number of hydrogen-bond acceptors (Lipinski definition) is 2. The number of hydrogen-bond donors (Lipinski definition) is 2. The summed E-state index contributed by atoms with van der Waals surface area (Å²) in [6.07, 6.45) is 19.9. The zero-order valence-corrected chi connectivity index (χ0v) is 26.1. The van der Waals surface area contributed by atoms with E-state index in [9.17, 15) is 0 Å². The zero-order chi connectivity index (χ0) is 28.7. The molecule has 0 aromatic heterocycles. The molecule has 3 aromatic carbocycles. The Bertz CT molecular complexity index is 1160. The Balaban J connectivity index is 2.33. The minimum Gasteiger partial charge on any atom is -0.398 e. The van der Waals surface area contributed by atoms with Crippen LogP contribution >= 0.6 is 0 Å². The summed E-state index contributed by atoms with van der Waals surface area (Å²) in [5, 5.41) is 0. The molecule has 2 nitrogen and oxygen atoms in total. The first-order valence-corrected chi connectivity index (χ1v) is 16.5. The van der Waals surface area contributed by atoms with Gasteiger partial charge in [-0.1, -0.05) is 115 Å². The fourth-order valence-electron chi connectivity index (χ4n) is 6.30. The Morgan fingerprint density at radius 2 is 0.900 bits per heavy atom. The van der Waals surface area contributed by atoms with E-state index in [0.717, 1.165) is 29.8 Å². The topological polar surface area (TPSA) is 52.0 Å². The van der Waals surface area contributed by atoms with Crippen LogP contribution in [0.4, 0.5) is 11.4 Å². The molecule has 0 saturated heterocycles. The van der Waals surface area contributed by atoms with Gasteiger partial charge in [-0.3, -0.25) is 0 Å². The number of rotatable bonds is 18. The van der Waals surface area contributed by atoms with E-state index in [0.29, 0.717) is 0 Å². The van der Waals surface area contributed by atoms with Crippen molar-refractivity contribution < 1.29 is 0 Å². The van der Waals surface area contributed by atoms with E-state index >= 15 is 0 Å². The normalized spacial score (nSPS) is 11.3. The lowest BCUT2D eigenvalue weighted by molar-refractivity contribution is 0.674. The van der Waals surface area contributed by atoms with E-state index in [1.54, 1.807) is 16.7 Å². The predicted octanol–water partition coefficient (Wildman–Crippen LogP) is 11.1. The lowest BCUT2D eigenvalue weighted by Crippen LogP contribution is -2.09. The van der Waals surface area contributed by atoms with Crippen LogP contribution in [0.25, 0.3) is 22.3 Å². The summed E-state index contributed by atoms with van der Waals surface area (Å²) >= 11 is 0. The van der Waals surface area contributed by atoms with Gasteiger partial charge in [-0.05, 0) is 102 Å². The average Bonchev–Trinajstić information content (AvgIpc) is 2.95. The summed E-state index contributed by atoms with van der Waals surface area (Å²) < 4.78 is 0. The minimum atomic E-state index is 0.756. The smallest absolute Gasteiger partial charge is 0.0414 e. The molecule has 0 bridgehead atoms. The SMILES string of the molecule is CCCCCc1cc(CCCCC)c(-c2ccccc2-c2c(N)cccc2N)c(CCCCC)c1CCCCC. The highest BCUT2D eigenvalue weighted by Crippen LogP contribution is 2.43. The molecule has 3 rings (SSSR count). The molecule has 0 atom stereocenters. The van der Waals surface area contributed by atoms with Crippen LogP contribution in [0.5, 0.6) is 0 Å². The third kappa shape index (κ3) is 8.38. The minimum absolute atomic E-state index is 0.756. The van der Waals surface area contributed by atoms with Gasteiger partial charge in [0.25, 0.3) is 0 Å². The Labute approximate surface area is 246 Å². The molecular formula is C38H56N2. The Morgan fingerprint density at radius 3 is 1.43 bits per heavy atom. The second-order valence-corrected chi connectivity index (χ2v) is 11.7. The highest BCUT2D eigenvalue weighted by molar-refractivity contribution is 5.96. The van der Waals surface area contributed by atoms with Crippen LogP contribution < -0.4 is 11.5 Å².